The summed E-state index contributed by atoms with van der Waals surface area (Å²) >= 11 is 1.02. The molecule has 0 spiro atoms. The van der Waals surface area contributed by atoms with Gasteiger partial charge in [-0.2, -0.15) is 13.2 Å². The van der Waals surface area contributed by atoms with E-state index in [1.54, 1.807) is 6.92 Å². The van der Waals surface area contributed by atoms with Gasteiger partial charge in [0.1, 0.15) is 5.75 Å². The Morgan fingerprint density at radius 1 is 1.46 bits per heavy atom. The molecule has 1 aromatic heterocycles. The Morgan fingerprint density at radius 3 is 2.96 bits per heavy atom. The minimum absolute atomic E-state index is 0.0100. The van der Waals surface area contributed by atoms with Crippen LogP contribution in [0.1, 0.15) is 22.8 Å². The molecule has 0 aliphatic carbocycles. The summed E-state index contributed by atoms with van der Waals surface area (Å²) in [5.74, 6) is -0.199. The van der Waals surface area contributed by atoms with Gasteiger partial charge in [0.15, 0.2) is 0 Å². The summed E-state index contributed by atoms with van der Waals surface area (Å²) in [5.41, 5.74) is -0.798. The van der Waals surface area contributed by atoms with Crippen molar-refractivity contribution >= 4 is 23.6 Å². The minimum Gasteiger partial charge on any atom is -0.491 e. The quantitative estimate of drug-likeness (QED) is 0.907. The molecule has 0 bridgehead atoms. The fourth-order valence-electron chi connectivity index (χ4n) is 2.21. The Morgan fingerprint density at radius 2 is 2.25 bits per heavy atom. The third-order valence-corrected chi connectivity index (χ3v) is 4.36. The van der Waals surface area contributed by atoms with Crippen molar-refractivity contribution in [2.45, 2.75) is 24.5 Å². The first-order valence-electron chi connectivity index (χ1n) is 6.99. The molecule has 0 atom stereocenters. The molecule has 1 aromatic carbocycles. The van der Waals surface area contributed by atoms with Gasteiger partial charge in [-0.25, -0.2) is 4.68 Å². The second-order valence-electron chi connectivity index (χ2n) is 4.79. The number of nitrogens with one attached hydrogen (secondary N) is 1. The van der Waals surface area contributed by atoms with Crippen molar-refractivity contribution in [2.75, 3.05) is 17.7 Å². The number of aryl methyl sites for hydroxylation is 1. The SMILES string of the molecule is CCn1nnnc1NC(=O)c1ccc(C(F)(F)F)c2c1OCCS2. The molecule has 0 radical (unpaired) electrons. The van der Waals surface area contributed by atoms with Crippen LogP contribution >= 0.6 is 11.8 Å². The number of ether oxygens (including phenoxy) is 1. The zero-order valence-electron chi connectivity index (χ0n) is 12.4. The summed E-state index contributed by atoms with van der Waals surface area (Å²) in [5, 5.41) is 13.3. The predicted octanol–water partition coefficient (Wildman–Crippen LogP) is 2.45. The first kappa shape index (κ1) is 16.6. The van der Waals surface area contributed by atoms with Crippen molar-refractivity contribution in [1.29, 1.82) is 0 Å². The number of aromatic nitrogens is 4. The maximum absolute atomic E-state index is 13.1. The number of carbonyl (C=O) groups excluding carboxylic acids is 1. The van der Waals surface area contributed by atoms with Crippen LogP contribution in [0.25, 0.3) is 0 Å². The largest absolute Gasteiger partial charge is 0.491 e. The standard InChI is InChI=1S/C13H12F3N5O2S/c1-2-21-12(18-19-20-21)17-11(22)7-3-4-8(13(14,15)16)10-9(7)23-5-6-24-10/h3-4H,2,5-6H2,1H3,(H,17,18,20,22). The fourth-order valence-corrected chi connectivity index (χ4v) is 3.22. The summed E-state index contributed by atoms with van der Waals surface area (Å²) in [7, 11) is 0. The number of halogens is 3. The van der Waals surface area contributed by atoms with E-state index in [2.05, 4.69) is 20.8 Å². The van der Waals surface area contributed by atoms with Gasteiger partial charge in [0.05, 0.1) is 22.6 Å². The number of alkyl halides is 3. The van der Waals surface area contributed by atoms with E-state index in [0.29, 0.717) is 12.3 Å². The van der Waals surface area contributed by atoms with Crippen LogP contribution < -0.4 is 10.1 Å². The number of carbonyl (C=O) groups is 1. The molecule has 11 heteroatoms. The van der Waals surface area contributed by atoms with E-state index >= 15 is 0 Å². The van der Waals surface area contributed by atoms with Crippen LogP contribution in [0.2, 0.25) is 0 Å². The fraction of sp³-hybridized carbons (Fsp3) is 0.385. The Bertz CT molecular complexity index is 777. The molecule has 1 aliphatic rings. The predicted molar refractivity (Wildman–Crippen MR) is 79.1 cm³/mol. The van der Waals surface area contributed by atoms with Gasteiger partial charge < -0.3 is 4.74 Å². The number of thioether (sulfide) groups is 1. The van der Waals surface area contributed by atoms with Gasteiger partial charge in [0.2, 0.25) is 5.95 Å². The van der Waals surface area contributed by atoms with Crippen LogP contribution in [-0.4, -0.2) is 38.5 Å². The summed E-state index contributed by atoms with van der Waals surface area (Å²) in [6.07, 6.45) is -4.51. The van der Waals surface area contributed by atoms with E-state index in [4.69, 9.17) is 4.74 Å². The molecule has 1 aliphatic heterocycles. The van der Waals surface area contributed by atoms with Crippen LogP contribution in [0.5, 0.6) is 5.75 Å². The number of rotatable bonds is 3. The lowest BCUT2D eigenvalue weighted by atomic mass is 10.1. The van der Waals surface area contributed by atoms with Crippen LogP contribution in [0.4, 0.5) is 19.1 Å². The molecule has 0 unspecified atom stereocenters. The van der Waals surface area contributed by atoms with E-state index in [1.807, 2.05) is 0 Å². The van der Waals surface area contributed by atoms with Crippen molar-refractivity contribution in [3.8, 4) is 5.75 Å². The smallest absolute Gasteiger partial charge is 0.417 e. The van der Waals surface area contributed by atoms with Crippen LogP contribution in [0, 0.1) is 0 Å². The molecule has 1 N–H and O–H groups in total. The lowest BCUT2D eigenvalue weighted by Gasteiger charge is -2.23. The molecule has 0 fully saturated rings. The number of hydrogen-bond acceptors (Lipinski definition) is 6. The van der Waals surface area contributed by atoms with Gasteiger partial charge >= 0.3 is 6.18 Å². The van der Waals surface area contributed by atoms with Crippen molar-refractivity contribution in [2.24, 2.45) is 0 Å². The van der Waals surface area contributed by atoms with Gasteiger partial charge in [-0.3, -0.25) is 10.1 Å². The van der Waals surface area contributed by atoms with Gasteiger partial charge in [0, 0.05) is 12.3 Å². The molecule has 2 aromatic rings. The summed E-state index contributed by atoms with van der Waals surface area (Å²) in [6, 6.07) is 1.99. The van der Waals surface area contributed by atoms with Gasteiger partial charge in [-0.1, -0.05) is 5.10 Å². The number of anilines is 1. The molecular formula is C13H12F3N5O2S. The number of fused-ring (bicyclic) bond motifs is 1. The Kier molecular flexibility index (Phi) is 4.35. The average Bonchev–Trinajstić information content (AvgIpc) is 2.99. The van der Waals surface area contributed by atoms with E-state index in [0.717, 1.165) is 23.9 Å². The molecule has 1 amide bonds. The average molecular weight is 359 g/mol. The molecule has 3 rings (SSSR count). The van der Waals surface area contributed by atoms with Gasteiger partial charge in [-0.15, -0.1) is 11.8 Å². The van der Waals surface area contributed by atoms with E-state index < -0.39 is 17.6 Å². The highest BCUT2D eigenvalue weighted by atomic mass is 32.2. The minimum atomic E-state index is -4.51. The van der Waals surface area contributed by atoms with Crippen LogP contribution in [0.15, 0.2) is 17.0 Å². The number of amides is 1. The topological polar surface area (TPSA) is 81.9 Å². The van der Waals surface area contributed by atoms with E-state index in [-0.39, 0.29) is 28.8 Å². The zero-order valence-corrected chi connectivity index (χ0v) is 13.2. The zero-order chi connectivity index (χ0) is 17.3. The normalized spacial score (nSPS) is 14.0. The molecule has 0 saturated heterocycles. The van der Waals surface area contributed by atoms with Gasteiger partial charge in [0.25, 0.3) is 5.91 Å². The monoisotopic (exact) mass is 359 g/mol. The second-order valence-corrected chi connectivity index (χ2v) is 5.89. The third-order valence-electron chi connectivity index (χ3n) is 3.30. The number of benzene rings is 1. The molecular weight excluding hydrogens is 347 g/mol. The number of tetrazole rings is 1. The third kappa shape index (κ3) is 3.03. The van der Waals surface area contributed by atoms with E-state index in [9.17, 15) is 18.0 Å². The maximum Gasteiger partial charge on any atom is 0.417 e. The summed E-state index contributed by atoms with van der Waals surface area (Å²) in [6.45, 7) is 2.44. The highest BCUT2D eigenvalue weighted by Crippen LogP contribution is 2.45. The lowest BCUT2D eigenvalue weighted by Crippen LogP contribution is -2.21. The highest BCUT2D eigenvalue weighted by Gasteiger charge is 2.37. The number of hydrogen-bond donors (Lipinski definition) is 1. The Labute approximate surface area is 138 Å². The molecule has 128 valence electrons. The van der Waals surface area contributed by atoms with Crippen molar-refractivity contribution in [1.82, 2.24) is 20.2 Å². The summed E-state index contributed by atoms with van der Waals surface area (Å²) < 4.78 is 46.0. The first-order valence-corrected chi connectivity index (χ1v) is 7.97. The molecule has 24 heavy (non-hydrogen) atoms. The maximum atomic E-state index is 13.1. The van der Waals surface area contributed by atoms with Crippen molar-refractivity contribution in [3.63, 3.8) is 0 Å². The highest BCUT2D eigenvalue weighted by molar-refractivity contribution is 7.99. The molecule has 2 heterocycles. The Balaban J connectivity index is 1.98. The second kappa shape index (κ2) is 6.30. The van der Waals surface area contributed by atoms with Crippen LogP contribution in [-0.2, 0) is 12.7 Å². The van der Waals surface area contributed by atoms with Crippen molar-refractivity contribution < 1.29 is 22.7 Å². The van der Waals surface area contributed by atoms with Gasteiger partial charge in [-0.05, 0) is 29.5 Å². The van der Waals surface area contributed by atoms with Crippen molar-refractivity contribution in [3.05, 3.63) is 23.3 Å². The van der Waals surface area contributed by atoms with E-state index in [1.165, 1.54) is 4.68 Å². The lowest BCUT2D eigenvalue weighted by molar-refractivity contribution is -0.140. The summed E-state index contributed by atoms with van der Waals surface area (Å²) in [4.78, 5) is 12.3. The molecule has 7 nitrogen and oxygen atoms in total. The number of nitrogens with zero attached hydrogens (tertiary/aromatic N) is 4. The Hall–Kier alpha value is -2.30. The van der Waals surface area contributed by atoms with Crippen LogP contribution in [0.3, 0.4) is 0 Å². The molecule has 0 saturated carbocycles. The first-order chi connectivity index (χ1) is 11.4.